The molecule has 6 nitrogen and oxygen atoms in total. The van der Waals surface area contributed by atoms with Crippen LogP contribution in [0.15, 0.2) is 131 Å². The van der Waals surface area contributed by atoms with Crippen LogP contribution in [-0.4, -0.2) is 35.1 Å². The van der Waals surface area contributed by atoms with Crippen molar-refractivity contribution in [3.05, 3.63) is 149 Å². The molecule has 0 aliphatic carbocycles. The molecule has 0 saturated heterocycles. The summed E-state index contributed by atoms with van der Waals surface area (Å²) in [4.78, 5) is 23.7. The van der Waals surface area contributed by atoms with Gasteiger partial charge in [-0.2, -0.15) is 0 Å². The van der Waals surface area contributed by atoms with E-state index in [9.17, 15) is 15.0 Å². The van der Waals surface area contributed by atoms with Crippen molar-refractivity contribution in [3.8, 4) is 11.1 Å². The summed E-state index contributed by atoms with van der Waals surface area (Å²) in [7, 11) is 0. The number of fused-ring (bicyclic) bond motifs is 7. The summed E-state index contributed by atoms with van der Waals surface area (Å²) in [5.41, 5.74) is 6.64. The summed E-state index contributed by atoms with van der Waals surface area (Å²) >= 11 is 6.50. The van der Waals surface area contributed by atoms with Gasteiger partial charge < -0.3 is 15.0 Å². The Bertz CT molecular complexity index is 2200. The number of nitrogens with zero attached hydrogens (tertiary/aromatic N) is 3. The van der Waals surface area contributed by atoms with Crippen LogP contribution in [-0.2, 0) is 34.4 Å². The number of hydrogen-bond acceptors (Lipinski definition) is 6. The second-order valence-electron chi connectivity index (χ2n) is 13.3. The summed E-state index contributed by atoms with van der Waals surface area (Å²) in [5.74, 6) is -1.51. The number of benzene rings is 6. The van der Waals surface area contributed by atoms with Gasteiger partial charge in [-0.15, -0.1) is 0 Å². The molecular formula is C43H36ClN3NiO3. The Kier molecular flexibility index (Phi) is 11.0. The standard InChI is InChI=1S/C43H38ClN3O3.Ni/c1-27(2)22-38(43(49)50)46-42(30-12-4-3-5-13-30)36-23-33(44)20-21-37(36)45-39(48)26-47-24-31-18-16-28-10-6-8-14-34(28)40(31)41-32(25-47)19-17-29-11-7-9-15-35(29)41;/h3-21,23,27,38H,22,24-26H2,1-2H3,(H,45,48)(H,49,50);/q;+2/p-2/t38-;/m1./s1. The van der Waals surface area contributed by atoms with Crippen molar-refractivity contribution >= 4 is 56.4 Å². The van der Waals surface area contributed by atoms with Gasteiger partial charge in [0.1, 0.15) is 0 Å². The van der Waals surface area contributed by atoms with Gasteiger partial charge in [0.05, 0.1) is 23.4 Å². The molecule has 51 heavy (non-hydrogen) atoms. The van der Waals surface area contributed by atoms with Crippen LogP contribution in [0.3, 0.4) is 0 Å². The third-order valence-electron chi connectivity index (χ3n) is 9.19. The monoisotopic (exact) mass is 735 g/mol. The van der Waals surface area contributed by atoms with Gasteiger partial charge in [-0.3, -0.25) is 14.9 Å². The molecule has 0 spiro atoms. The molecule has 0 aromatic heterocycles. The van der Waals surface area contributed by atoms with Crippen molar-refractivity contribution in [2.75, 3.05) is 6.54 Å². The van der Waals surface area contributed by atoms with Gasteiger partial charge in [0.15, 0.2) is 0 Å². The van der Waals surface area contributed by atoms with Gasteiger partial charge in [0.25, 0.3) is 0 Å². The van der Waals surface area contributed by atoms with Gasteiger partial charge in [-0.25, -0.2) is 0 Å². The maximum atomic E-state index is 13.9. The number of aliphatic imine (C=N–C) groups is 2. The zero-order chi connectivity index (χ0) is 34.8. The predicted octanol–water partition coefficient (Wildman–Crippen LogP) is 7.72. The van der Waals surface area contributed by atoms with Gasteiger partial charge in [0, 0.05) is 35.8 Å². The summed E-state index contributed by atoms with van der Waals surface area (Å²) < 4.78 is 0. The first-order chi connectivity index (χ1) is 24.2. The van der Waals surface area contributed by atoms with E-state index in [2.05, 4.69) is 82.7 Å². The fourth-order valence-corrected chi connectivity index (χ4v) is 7.16. The average molecular weight is 737 g/mol. The second-order valence-corrected chi connectivity index (χ2v) is 13.7. The molecule has 6 aromatic carbocycles. The minimum atomic E-state index is -1.26. The van der Waals surface area contributed by atoms with Crippen LogP contribution in [0, 0.1) is 5.92 Å². The molecule has 0 unspecified atom stereocenters. The number of rotatable bonds is 9. The number of aliphatic carboxylic acids is 1. The predicted molar refractivity (Wildman–Crippen MR) is 200 cm³/mol. The fourth-order valence-electron chi connectivity index (χ4n) is 6.99. The Morgan fingerprint density at radius 2 is 1.33 bits per heavy atom. The SMILES string of the molecule is CC(C)C[C@@H](N=C(c1ccccc1)c1cc(Cl)ccc1N=C([O-])CN1Cc2ccc3ccccc3c2-c2c(ccc3ccccc23)C1)C(=O)[O-].[Ni+2]. The number of carboxylic acids is 1. The first-order valence-electron chi connectivity index (χ1n) is 16.9. The second kappa shape index (κ2) is 15.6. The van der Waals surface area contributed by atoms with Gasteiger partial charge in [-0.05, 0) is 80.2 Å². The zero-order valence-electron chi connectivity index (χ0n) is 28.3. The van der Waals surface area contributed by atoms with Crippen molar-refractivity contribution in [3.63, 3.8) is 0 Å². The normalized spacial score (nSPS) is 14.1. The van der Waals surface area contributed by atoms with Crippen molar-refractivity contribution in [1.29, 1.82) is 0 Å². The Morgan fingerprint density at radius 1 is 0.765 bits per heavy atom. The number of halogens is 1. The van der Waals surface area contributed by atoms with E-state index in [0.29, 0.717) is 47.1 Å². The largest absolute Gasteiger partial charge is 2.00 e. The van der Waals surface area contributed by atoms with Crippen molar-refractivity contribution in [2.45, 2.75) is 39.4 Å². The number of carbonyl (C=O) groups excluding carboxylic acids is 1. The first-order valence-corrected chi connectivity index (χ1v) is 17.3. The van der Waals surface area contributed by atoms with E-state index in [-0.39, 0.29) is 34.9 Å². The molecule has 0 fully saturated rings. The van der Waals surface area contributed by atoms with Gasteiger partial charge in [0.2, 0.25) is 0 Å². The third kappa shape index (κ3) is 7.77. The van der Waals surface area contributed by atoms with E-state index < -0.39 is 12.0 Å². The van der Waals surface area contributed by atoms with E-state index >= 15 is 0 Å². The quantitative estimate of drug-likeness (QED) is 0.0864. The molecule has 0 radical (unpaired) electrons. The van der Waals surface area contributed by atoms with Crippen molar-refractivity contribution < 1.29 is 31.5 Å². The molecule has 1 atom stereocenters. The van der Waals surface area contributed by atoms with Crippen LogP contribution >= 0.6 is 11.6 Å². The molecule has 6 aromatic rings. The molecule has 1 heterocycles. The van der Waals surface area contributed by atoms with E-state index in [0.717, 1.165) is 11.1 Å². The topological polar surface area (TPSA) is 91.2 Å². The minimum Gasteiger partial charge on any atom is -0.861 e. The maximum absolute atomic E-state index is 13.9. The van der Waals surface area contributed by atoms with Gasteiger partial charge in [-0.1, -0.05) is 129 Å². The third-order valence-corrected chi connectivity index (χ3v) is 9.42. The van der Waals surface area contributed by atoms with Crippen LogP contribution in [0.2, 0.25) is 5.02 Å². The minimum absolute atomic E-state index is 0. The summed E-state index contributed by atoms with van der Waals surface area (Å²) in [5, 5.41) is 31.3. The molecule has 258 valence electrons. The molecule has 0 saturated carbocycles. The average Bonchev–Trinajstić information content (AvgIpc) is 3.27. The fraction of sp³-hybridized carbons (Fsp3) is 0.186. The Balaban J connectivity index is 0.00000448. The summed E-state index contributed by atoms with van der Waals surface area (Å²) in [6, 6.07) is 38.8. The van der Waals surface area contributed by atoms with E-state index in [4.69, 9.17) is 16.6 Å². The van der Waals surface area contributed by atoms with Crippen LogP contribution < -0.4 is 10.2 Å². The Morgan fingerprint density at radius 3 is 1.90 bits per heavy atom. The van der Waals surface area contributed by atoms with Crippen molar-refractivity contribution in [2.24, 2.45) is 15.9 Å². The molecule has 8 heteroatoms. The molecule has 7 rings (SSSR count). The molecule has 0 amide bonds. The van der Waals surface area contributed by atoms with Crippen LogP contribution in [0.4, 0.5) is 5.69 Å². The number of hydrogen-bond donors (Lipinski definition) is 0. The Labute approximate surface area is 313 Å². The van der Waals surface area contributed by atoms with E-state index in [1.54, 1.807) is 18.2 Å². The first kappa shape index (κ1) is 36.0. The van der Waals surface area contributed by atoms with Crippen molar-refractivity contribution in [1.82, 2.24) is 4.90 Å². The van der Waals surface area contributed by atoms with Gasteiger partial charge >= 0.3 is 16.5 Å². The Hall–Kier alpha value is -4.81. The number of carboxylic acid groups (broad SMARTS) is 1. The van der Waals surface area contributed by atoms with Crippen LogP contribution in [0.1, 0.15) is 42.5 Å². The molecule has 1 aliphatic rings. The summed E-state index contributed by atoms with van der Waals surface area (Å²) in [6.45, 7) is 5.09. The van der Waals surface area contributed by atoms with E-state index in [1.165, 1.54) is 32.7 Å². The molecule has 1 aliphatic heterocycles. The summed E-state index contributed by atoms with van der Waals surface area (Å²) in [6.07, 6.45) is 0.299. The maximum Gasteiger partial charge on any atom is 2.00 e. The smallest absolute Gasteiger partial charge is 0.861 e. The molecule has 0 N–H and O–H groups in total. The van der Waals surface area contributed by atoms with Crippen LogP contribution in [0.5, 0.6) is 0 Å². The molecule has 0 bridgehead atoms. The number of carbonyl (C=O) groups is 1. The van der Waals surface area contributed by atoms with Crippen LogP contribution in [0.25, 0.3) is 32.7 Å². The molecular weight excluding hydrogens is 701 g/mol. The van der Waals surface area contributed by atoms with E-state index in [1.807, 2.05) is 44.2 Å². The zero-order valence-corrected chi connectivity index (χ0v) is 30.0.